The van der Waals surface area contributed by atoms with Crippen LogP contribution in [-0.2, 0) is 0 Å². The lowest BCUT2D eigenvalue weighted by Gasteiger charge is -2.39. The first kappa shape index (κ1) is 19.0. The molecule has 1 aromatic carbocycles. The molecule has 1 atom stereocenters. The fourth-order valence-corrected chi connectivity index (χ4v) is 4.92. The second-order valence-corrected chi connectivity index (χ2v) is 8.49. The number of rotatable bonds is 4. The molecular formula is C21H26N4O2S. The Kier molecular flexibility index (Phi) is 5.12. The first-order chi connectivity index (χ1) is 13.5. The second kappa shape index (κ2) is 7.56. The lowest BCUT2D eigenvalue weighted by molar-refractivity contribution is 0.191. The molecule has 28 heavy (non-hydrogen) atoms. The van der Waals surface area contributed by atoms with E-state index in [9.17, 15) is 4.79 Å². The Morgan fingerprint density at radius 3 is 2.61 bits per heavy atom. The SMILES string of the molecule is COc1ccccc1N1CCN(C(C)c2nc3sc(C)c(C)c3c(=O)[nH]2)CC1. The molecule has 3 heterocycles. The number of anilines is 1. The van der Waals surface area contributed by atoms with E-state index in [2.05, 4.69) is 27.8 Å². The summed E-state index contributed by atoms with van der Waals surface area (Å²) in [6, 6.07) is 8.21. The van der Waals surface area contributed by atoms with Crippen LogP contribution in [0.25, 0.3) is 10.2 Å². The summed E-state index contributed by atoms with van der Waals surface area (Å²) in [6.07, 6.45) is 0. The van der Waals surface area contributed by atoms with E-state index in [4.69, 9.17) is 9.72 Å². The molecule has 3 aromatic rings. The molecule has 0 amide bonds. The molecule has 0 spiro atoms. The van der Waals surface area contributed by atoms with Crippen molar-refractivity contribution in [3.63, 3.8) is 0 Å². The number of piperazine rings is 1. The summed E-state index contributed by atoms with van der Waals surface area (Å²) in [4.78, 5) is 27.1. The summed E-state index contributed by atoms with van der Waals surface area (Å²) in [6.45, 7) is 9.79. The second-order valence-electron chi connectivity index (χ2n) is 7.29. The van der Waals surface area contributed by atoms with Gasteiger partial charge in [-0.15, -0.1) is 11.3 Å². The fourth-order valence-electron chi connectivity index (χ4n) is 3.88. The summed E-state index contributed by atoms with van der Waals surface area (Å²) in [5, 5.41) is 0.736. The standard InChI is InChI=1S/C21H26N4O2S/c1-13-15(3)28-21-18(13)20(26)22-19(23-21)14(2)24-9-11-25(12-10-24)16-7-5-6-8-17(16)27-4/h5-8,14H,9-12H2,1-4H3,(H,22,23,26). The van der Waals surface area contributed by atoms with E-state index in [-0.39, 0.29) is 11.6 Å². The van der Waals surface area contributed by atoms with Crippen molar-refractivity contribution in [3.05, 3.63) is 50.9 Å². The molecule has 1 unspecified atom stereocenters. The predicted octanol–water partition coefficient (Wildman–Crippen LogP) is 3.49. The van der Waals surface area contributed by atoms with Crippen LogP contribution in [0.5, 0.6) is 5.75 Å². The van der Waals surface area contributed by atoms with Gasteiger partial charge in [0, 0.05) is 31.1 Å². The predicted molar refractivity (Wildman–Crippen MR) is 115 cm³/mol. The number of thiophene rings is 1. The van der Waals surface area contributed by atoms with E-state index < -0.39 is 0 Å². The highest BCUT2D eigenvalue weighted by Crippen LogP contribution is 2.30. The first-order valence-corrected chi connectivity index (χ1v) is 10.4. The van der Waals surface area contributed by atoms with Crippen LogP contribution in [0.4, 0.5) is 5.69 Å². The minimum Gasteiger partial charge on any atom is -0.495 e. The van der Waals surface area contributed by atoms with Crippen LogP contribution in [-0.4, -0.2) is 48.2 Å². The van der Waals surface area contributed by atoms with Gasteiger partial charge in [-0.05, 0) is 38.5 Å². The smallest absolute Gasteiger partial charge is 0.259 e. The Labute approximate surface area is 168 Å². The third kappa shape index (κ3) is 3.29. The number of nitrogens with zero attached hydrogens (tertiary/aromatic N) is 3. The zero-order valence-corrected chi connectivity index (χ0v) is 17.6. The maximum Gasteiger partial charge on any atom is 0.259 e. The summed E-state index contributed by atoms with van der Waals surface area (Å²) >= 11 is 1.60. The number of fused-ring (bicyclic) bond motifs is 1. The van der Waals surface area contributed by atoms with Gasteiger partial charge in [-0.3, -0.25) is 9.69 Å². The summed E-state index contributed by atoms with van der Waals surface area (Å²) in [5.41, 5.74) is 2.15. The van der Waals surface area contributed by atoms with Crippen molar-refractivity contribution in [1.29, 1.82) is 0 Å². The number of para-hydroxylation sites is 2. The molecule has 1 saturated heterocycles. The van der Waals surface area contributed by atoms with Crippen molar-refractivity contribution >= 4 is 27.2 Å². The molecule has 6 nitrogen and oxygen atoms in total. The van der Waals surface area contributed by atoms with Gasteiger partial charge in [0.1, 0.15) is 16.4 Å². The van der Waals surface area contributed by atoms with Crippen LogP contribution in [0.1, 0.15) is 29.2 Å². The third-order valence-electron chi connectivity index (χ3n) is 5.74. The average Bonchev–Trinajstić information content (AvgIpc) is 3.01. The monoisotopic (exact) mass is 398 g/mol. The van der Waals surface area contributed by atoms with Gasteiger partial charge in [0.15, 0.2) is 0 Å². The number of hydrogen-bond donors (Lipinski definition) is 1. The molecule has 2 aromatic heterocycles. The van der Waals surface area contributed by atoms with Gasteiger partial charge in [-0.2, -0.15) is 0 Å². The molecule has 148 valence electrons. The van der Waals surface area contributed by atoms with Crippen LogP contribution in [0.15, 0.2) is 29.1 Å². The number of ether oxygens (including phenoxy) is 1. The van der Waals surface area contributed by atoms with Gasteiger partial charge >= 0.3 is 0 Å². The summed E-state index contributed by atoms with van der Waals surface area (Å²) in [5.74, 6) is 1.66. The maximum absolute atomic E-state index is 12.6. The van der Waals surface area contributed by atoms with E-state index in [1.807, 2.05) is 32.0 Å². The Morgan fingerprint density at radius 2 is 1.89 bits per heavy atom. The van der Waals surface area contributed by atoms with E-state index in [0.29, 0.717) is 0 Å². The number of aromatic nitrogens is 2. The molecule has 1 fully saturated rings. The Bertz CT molecular complexity index is 1050. The highest BCUT2D eigenvalue weighted by Gasteiger charge is 2.25. The molecule has 0 radical (unpaired) electrons. The van der Waals surface area contributed by atoms with Crippen LogP contribution >= 0.6 is 11.3 Å². The lowest BCUT2D eigenvalue weighted by atomic mass is 10.1. The van der Waals surface area contributed by atoms with Gasteiger partial charge in [0.25, 0.3) is 5.56 Å². The van der Waals surface area contributed by atoms with Gasteiger partial charge in [0.05, 0.1) is 24.2 Å². The number of benzene rings is 1. The molecule has 0 saturated carbocycles. The van der Waals surface area contributed by atoms with Gasteiger partial charge < -0.3 is 14.6 Å². The Balaban J connectivity index is 1.52. The molecule has 1 aliphatic heterocycles. The minimum atomic E-state index is -0.0265. The molecule has 1 N–H and O–H groups in total. The summed E-state index contributed by atoms with van der Waals surface area (Å²) < 4.78 is 5.50. The van der Waals surface area contributed by atoms with Crippen molar-refractivity contribution in [1.82, 2.24) is 14.9 Å². The molecule has 7 heteroatoms. The van der Waals surface area contributed by atoms with Gasteiger partial charge in [0.2, 0.25) is 0 Å². The lowest BCUT2D eigenvalue weighted by Crippen LogP contribution is -2.47. The van der Waals surface area contributed by atoms with Crippen LogP contribution < -0.4 is 15.2 Å². The number of aromatic amines is 1. The Morgan fingerprint density at radius 1 is 1.18 bits per heavy atom. The van der Waals surface area contributed by atoms with Gasteiger partial charge in [-0.25, -0.2) is 4.98 Å². The normalized spacial score (nSPS) is 16.5. The summed E-state index contributed by atoms with van der Waals surface area (Å²) in [7, 11) is 1.71. The van der Waals surface area contributed by atoms with Crippen LogP contribution in [0.3, 0.4) is 0 Å². The van der Waals surface area contributed by atoms with Crippen molar-refractivity contribution in [3.8, 4) is 5.75 Å². The zero-order chi connectivity index (χ0) is 19.8. The Hall–Kier alpha value is -2.38. The highest BCUT2D eigenvalue weighted by molar-refractivity contribution is 7.18. The van der Waals surface area contributed by atoms with E-state index in [1.54, 1.807) is 18.4 Å². The van der Waals surface area contributed by atoms with Crippen molar-refractivity contribution in [2.75, 3.05) is 38.2 Å². The number of hydrogen-bond acceptors (Lipinski definition) is 6. The number of nitrogens with one attached hydrogen (secondary N) is 1. The average molecular weight is 399 g/mol. The minimum absolute atomic E-state index is 0.0265. The number of methoxy groups -OCH3 is 1. The third-order valence-corrected chi connectivity index (χ3v) is 6.84. The largest absolute Gasteiger partial charge is 0.495 e. The number of aryl methyl sites for hydroxylation is 2. The topological polar surface area (TPSA) is 61.5 Å². The number of H-pyrrole nitrogens is 1. The van der Waals surface area contributed by atoms with Crippen LogP contribution in [0.2, 0.25) is 0 Å². The van der Waals surface area contributed by atoms with E-state index in [0.717, 1.165) is 64.1 Å². The van der Waals surface area contributed by atoms with E-state index in [1.165, 1.54) is 0 Å². The van der Waals surface area contributed by atoms with Crippen molar-refractivity contribution < 1.29 is 4.74 Å². The molecular weight excluding hydrogens is 372 g/mol. The van der Waals surface area contributed by atoms with Crippen molar-refractivity contribution in [2.45, 2.75) is 26.8 Å². The fraction of sp³-hybridized carbons (Fsp3) is 0.429. The van der Waals surface area contributed by atoms with E-state index >= 15 is 0 Å². The van der Waals surface area contributed by atoms with Crippen LogP contribution in [0, 0.1) is 13.8 Å². The van der Waals surface area contributed by atoms with Gasteiger partial charge in [-0.1, -0.05) is 12.1 Å². The quantitative estimate of drug-likeness (QED) is 0.729. The maximum atomic E-state index is 12.6. The molecule has 0 aliphatic carbocycles. The first-order valence-electron chi connectivity index (χ1n) is 9.61. The van der Waals surface area contributed by atoms with Crippen molar-refractivity contribution in [2.24, 2.45) is 0 Å². The highest BCUT2D eigenvalue weighted by atomic mass is 32.1. The molecule has 0 bridgehead atoms. The molecule has 4 rings (SSSR count). The molecule has 1 aliphatic rings. The zero-order valence-electron chi connectivity index (χ0n) is 16.8.